The summed E-state index contributed by atoms with van der Waals surface area (Å²) in [5, 5.41) is 1.44. The highest BCUT2D eigenvalue weighted by Gasteiger charge is 2.18. The Morgan fingerprint density at radius 1 is 1.30 bits per heavy atom. The van der Waals surface area contributed by atoms with Crippen LogP contribution in [-0.2, 0) is 16.1 Å². The van der Waals surface area contributed by atoms with Crippen molar-refractivity contribution in [3.63, 3.8) is 0 Å². The Morgan fingerprint density at radius 2 is 2.04 bits per heavy atom. The van der Waals surface area contributed by atoms with Crippen molar-refractivity contribution < 1.29 is 9.53 Å². The first-order valence-electron chi connectivity index (χ1n) is 9.01. The number of carbonyl (C=O) groups is 1. The third-order valence-electron chi connectivity index (χ3n) is 4.54. The van der Waals surface area contributed by atoms with Crippen LogP contribution in [0.1, 0.15) is 13.8 Å². The van der Waals surface area contributed by atoms with Gasteiger partial charge in [0.2, 0.25) is 5.91 Å². The zero-order chi connectivity index (χ0) is 19.4. The first kappa shape index (κ1) is 19.4. The molecule has 0 spiro atoms. The zero-order valence-corrected chi connectivity index (χ0v) is 16.6. The Bertz CT molecular complexity index is 1010. The van der Waals surface area contributed by atoms with E-state index in [2.05, 4.69) is 4.98 Å². The standard InChI is InChI=1S/C19H24N4O3S/c1-4-22(5-2)15(24)12-27-19-21-16-13-8-6-7-9-14(13)20-17(16)18(25)23(19)10-11-26-3/h6-9,20H,4-5,10-12H2,1-3H3. The van der Waals surface area contributed by atoms with Crippen LogP contribution >= 0.6 is 11.8 Å². The van der Waals surface area contributed by atoms with Crippen LogP contribution in [0.4, 0.5) is 0 Å². The Morgan fingerprint density at radius 3 is 2.74 bits per heavy atom. The van der Waals surface area contributed by atoms with Gasteiger partial charge in [-0.05, 0) is 19.9 Å². The molecule has 0 atom stereocenters. The van der Waals surface area contributed by atoms with Crippen molar-refractivity contribution in [1.82, 2.24) is 19.4 Å². The maximum atomic E-state index is 13.0. The summed E-state index contributed by atoms with van der Waals surface area (Å²) in [5.74, 6) is 0.283. The van der Waals surface area contributed by atoms with Crippen LogP contribution in [0.5, 0.6) is 0 Å². The van der Waals surface area contributed by atoms with E-state index in [-0.39, 0.29) is 17.2 Å². The van der Waals surface area contributed by atoms with Crippen LogP contribution in [0, 0.1) is 0 Å². The van der Waals surface area contributed by atoms with Gasteiger partial charge in [-0.2, -0.15) is 0 Å². The molecule has 0 saturated heterocycles. The summed E-state index contributed by atoms with van der Waals surface area (Å²) in [5.41, 5.74) is 1.84. The van der Waals surface area contributed by atoms with Gasteiger partial charge >= 0.3 is 0 Å². The Labute approximate surface area is 161 Å². The van der Waals surface area contributed by atoms with Gasteiger partial charge in [0.25, 0.3) is 5.56 Å². The molecule has 0 aliphatic rings. The monoisotopic (exact) mass is 388 g/mol. The van der Waals surface area contributed by atoms with Gasteiger partial charge in [-0.15, -0.1) is 0 Å². The maximum Gasteiger partial charge on any atom is 0.278 e. The summed E-state index contributed by atoms with van der Waals surface area (Å²) >= 11 is 1.30. The second kappa shape index (κ2) is 8.58. The first-order valence-corrected chi connectivity index (χ1v) is 10.00. The van der Waals surface area contributed by atoms with Crippen LogP contribution in [-0.4, -0.2) is 57.9 Å². The Hall–Kier alpha value is -2.32. The molecule has 0 fully saturated rings. The van der Waals surface area contributed by atoms with E-state index in [0.29, 0.717) is 42.4 Å². The summed E-state index contributed by atoms with van der Waals surface area (Å²) in [6, 6.07) is 7.70. The maximum absolute atomic E-state index is 13.0. The molecule has 1 aromatic carbocycles. The number of aromatic nitrogens is 3. The van der Waals surface area contributed by atoms with E-state index < -0.39 is 0 Å². The van der Waals surface area contributed by atoms with Gasteiger partial charge in [0, 0.05) is 31.1 Å². The smallest absolute Gasteiger partial charge is 0.278 e. The molecule has 3 aromatic rings. The highest BCUT2D eigenvalue weighted by Crippen LogP contribution is 2.24. The summed E-state index contributed by atoms with van der Waals surface area (Å²) in [7, 11) is 1.59. The number of para-hydroxylation sites is 1. The molecule has 0 radical (unpaired) electrons. The van der Waals surface area contributed by atoms with E-state index >= 15 is 0 Å². The van der Waals surface area contributed by atoms with Gasteiger partial charge in [-0.25, -0.2) is 4.98 Å². The molecular weight excluding hydrogens is 364 g/mol. The average molecular weight is 388 g/mol. The van der Waals surface area contributed by atoms with E-state index in [1.807, 2.05) is 38.1 Å². The SMILES string of the molecule is CCN(CC)C(=O)CSc1nc2c([nH]c3ccccc32)c(=O)n1CCOC. The minimum absolute atomic E-state index is 0.0385. The van der Waals surface area contributed by atoms with E-state index in [1.54, 1.807) is 16.6 Å². The second-order valence-corrected chi connectivity index (χ2v) is 7.04. The largest absolute Gasteiger partial charge is 0.383 e. The lowest BCUT2D eigenvalue weighted by molar-refractivity contribution is -0.127. The van der Waals surface area contributed by atoms with Crippen molar-refractivity contribution in [2.24, 2.45) is 0 Å². The van der Waals surface area contributed by atoms with Crippen molar-refractivity contribution in [2.45, 2.75) is 25.5 Å². The molecule has 0 unspecified atom stereocenters. The molecule has 2 heterocycles. The molecule has 3 rings (SSSR count). The number of hydrogen-bond donors (Lipinski definition) is 1. The molecule has 1 N–H and O–H groups in total. The number of thioether (sulfide) groups is 1. The first-order chi connectivity index (χ1) is 13.1. The fraction of sp³-hybridized carbons (Fsp3) is 0.421. The van der Waals surface area contributed by atoms with Crippen molar-refractivity contribution in [3.8, 4) is 0 Å². The third kappa shape index (κ3) is 3.86. The van der Waals surface area contributed by atoms with Gasteiger partial charge in [0.15, 0.2) is 5.16 Å². The van der Waals surface area contributed by atoms with Crippen molar-refractivity contribution in [2.75, 3.05) is 32.6 Å². The Balaban J connectivity index is 2.04. The number of carbonyl (C=O) groups excluding carboxylic acids is 1. The number of H-pyrrole nitrogens is 1. The number of hydrogen-bond acceptors (Lipinski definition) is 5. The van der Waals surface area contributed by atoms with Crippen LogP contribution in [0.3, 0.4) is 0 Å². The van der Waals surface area contributed by atoms with Gasteiger partial charge in [-0.3, -0.25) is 14.2 Å². The molecule has 1 amide bonds. The van der Waals surface area contributed by atoms with Crippen molar-refractivity contribution in [1.29, 1.82) is 0 Å². The molecule has 0 aliphatic heterocycles. The van der Waals surface area contributed by atoms with Gasteiger partial charge in [-0.1, -0.05) is 30.0 Å². The number of amides is 1. The predicted octanol–water partition coefficient (Wildman–Crippen LogP) is 2.48. The minimum atomic E-state index is -0.147. The Kier molecular flexibility index (Phi) is 6.18. The number of benzene rings is 1. The third-order valence-corrected chi connectivity index (χ3v) is 5.50. The number of aromatic amines is 1. The van der Waals surface area contributed by atoms with Gasteiger partial charge in [0.05, 0.1) is 18.9 Å². The summed E-state index contributed by atoms with van der Waals surface area (Å²) in [6.07, 6.45) is 0. The fourth-order valence-electron chi connectivity index (χ4n) is 3.06. The van der Waals surface area contributed by atoms with Crippen LogP contribution < -0.4 is 5.56 Å². The lowest BCUT2D eigenvalue weighted by Crippen LogP contribution is -2.32. The lowest BCUT2D eigenvalue weighted by Gasteiger charge is -2.18. The highest BCUT2D eigenvalue weighted by atomic mass is 32.2. The molecule has 27 heavy (non-hydrogen) atoms. The number of rotatable bonds is 8. The number of nitrogens with one attached hydrogen (secondary N) is 1. The molecule has 0 saturated carbocycles. The average Bonchev–Trinajstić information content (AvgIpc) is 3.06. The molecule has 2 aromatic heterocycles. The summed E-state index contributed by atoms with van der Waals surface area (Å²) in [6.45, 7) is 6.02. The molecule has 0 aliphatic carbocycles. The van der Waals surface area contributed by atoms with Crippen LogP contribution in [0.2, 0.25) is 0 Å². The highest BCUT2D eigenvalue weighted by molar-refractivity contribution is 7.99. The minimum Gasteiger partial charge on any atom is -0.383 e. The van der Waals surface area contributed by atoms with Crippen LogP contribution in [0.25, 0.3) is 21.9 Å². The summed E-state index contributed by atoms with van der Waals surface area (Å²) < 4.78 is 6.73. The lowest BCUT2D eigenvalue weighted by atomic mass is 10.2. The fourth-order valence-corrected chi connectivity index (χ4v) is 3.98. The number of nitrogens with zero attached hydrogens (tertiary/aromatic N) is 3. The summed E-state index contributed by atoms with van der Waals surface area (Å²) in [4.78, 5) is 35.1. The van der Waals surface area contributed by atoms with Gasteiger partial charge < -0.3 is 14.6 Å². The van der Waals surface area contributed by atoms with E-state index in [0.717, 1.165) is 10.9 Å². The number of methoxy groups -OCH3 is 1. The van der Waals surface area contributed by atoms with Crippen molar-refractivity contribution >= 4 is 39.6 Å². The molecule has 8 heteroatoms. The number of fused-ring (bicyclic) bond motifs is 3. The molecule has 7 nitrogen and oxygen atoms in total. The molecular formula is C19H24N4O3S. The normalized spacial score (nSPS) is 11.4. The number of ether oxygens (including phenoxy) is 1. The molecule has 0 bridgehead atoms. The van der Waals surface area contributed by atoms with E-state index in [4.69, 9.17) is 9.72 Å². The quantitative estimate of drug-likeness (QED) is 0.474. The second-order valence-electron chi connectivity index (χ2n) is 6.09. The zero-order valence-electron chi connectivity index (χ0n) is 15.8. The predicted molar refractivity (Wildman–Crippen MR) is 108 cm³/mol. The topological polar surface area (TPSA) is 80.2 Å². The molecule has 144 valence electrons. The van der Waals surface area contributed by atoms with Crippen molar-refractivity contribution in [3.05, 3.63) is 34.6 Å². The van der Waals surface area contributed by atoms with E-state index in [9.17, 15) is 9.59 Å². The van der Waals surface area contributed by atoms with Gasteiger partial charge in [0.1, 0.15) is 11.0 Å². The van der Waals surface area contributed by atoms with E-state index in [1.165, 1.54) is 11.8 Å². The van der Waals surface area contributed by atoms with Crippen LogP contribution in [0.15, 0.2) is 34.2 Å².